The first kappa shape index (κ1) is 21.0. The molecule has 8 nitrogen and oxygen atoms in total. The average Bonchev–Trinajstić information content (AvgIpc) is 3.08. The van der Waals surface area contributed by atoms with Crippen molar-refractivity contribution < 1.29 is 23.9 Å². The summed E-state index contributed by atoms with van der Waals surface area (Å²) in [5, 5.41) is 5.22. The quantitative estimate of drug-likeness (QED) is 0.714. The number of hydrogen-bond donors (Lipinski definition) is 2. The molecule has 0 bridgehead atoms. The highest BCUT2D eigenvalue weighted by atomic mass is 16.5. The lowest BCUT2D eigenvalue weighted by molar-refractivity contribution is -0.151. The first-order valence-electron chi connectivity index (χ1n) is 9.53. The molecule has 1 aliphatic heterocycles. The largest absolute Gasteiger partial charge is 0.455 e. The lowest BCUT2D eigenvalue weighted by atomic mass is 10.1. The van der Waals surface area contributed by atoms with Crippen LogP contribution < -0.4 is 15.5 Å². The van der Waals surface area contributed by atoms with Gasteiger partial charge in [-0.25, -0.2) is 0 Å². The van der Waals surface area contributed by atoms with Gasteiger partial charge in [-0.3, -0.25) is 19.2 Å². The first-order valence-corrected chi connectivity index (χ1v) is 9.53. The van der Waals surface area contributed by atoms with Crippen LogP contribution in [0.15, 0.2) is 48.5 Å². The number of amides is 3. The SMILES string of the molecule is CC(=O)Nc1cccc(NC(=O)COC(=O)[C@@H]2CC(=O)N(c3ccc(C)cc3)C2)c1. The van der Waals surface area contributed by atoms with E-state index in [2.05, 4.69) is 10.6 Å². The molecule has 0 saturated carbocycles. The molecule has 3 amide bonds. The summed E-state index contributed by atoms with van der Waals surface area (Å²) in [5.74, 6) is -2.09. The molecule has 0 aromatic heterocycles. The number of aryl methyl sites for hydroxylation is 1. The van der Waals surface area contributed by atoms with Gasteiger partial charge in [0.2, 0.25) is 11.8 Å². The monoisotopic (exact) mass is 409 g/mol. The zero-order chi connectivity index (χ0) is 21.7. The molecule has 30 heavy (non-hydrogen) atoms. The fraction of sp³-hybridized carbons (Fsp3) is 0.273. The predicted molar refractivity (Wildman–Crippen MR) is 112 cm³/mol. The Morgan fingerprint density at radius 2 is 1.73 bits per heavy atom. The van der Waals surface area contributed by atoms with Crippen molar-refractivity contribution in [3.8, 4) is 0 Å². The summed E-state index contributed by atoms with van der Waals surface area (Å²) in [6, 6.07) is 14.1. The first-order chi connectivity index (χ1) is 14.3. The second-order valence-electron chi connectivity index (χ2n) is 7.16. The Morgan fingerprint density at radius 1 is 1.07 bits per heavy atom. The van der Waals surface area contributed by atoms with Crippen LogP contribution >= 0.6 is 0 Å². The van der Waals surface area contributed by atoms with Crippen LogP contribution in [0.5, 0.6) is 0 Å². The molecule has 3 rings (SSSR count). The Balaban J connectivity index is 1.50. The van der Waals surface area contributed by atoms with Crippen LogP contribution in [0.3, 0.4) is 0 Å². The molecule has 1 saturated heterocycles. The summed E-state index contributed by atoms with van der Waals surface area (Å²) in [7, 11) is 0. The minimum absolute atomic E-state index is 0.0487. The number of ether oxygens (including phenoxy) is 1. The highest BCUT2D eigenvalue weighted by Crippen LogP contribution is 2.26. The number of rotatable bonds is 6. The molecule has 0 spiro atoms. The van der Waals surface area contributed by atoms with Gasteiger partial charge in [0.05, 0.1) is 5.92 Å². The van der Waals surface area contributed by atoms with Gasteiger partial charge in [0.25, 0.3) is 5.91 Å². The van der Waals surface area contributed by atoms with Crippen LogP contribution in [0.4, 0.5) is 17.1 Å². The van der Waals surface area contributed by atoms with E-state index < -0.39 is 24.4 Å². The molecule has 0 aliphatic carbocycles. The van der Waals surface area contributed by atoms with Gasteiger partial charge in [0, 0.05) is 37.0 Å². The summed E-state index contributed by atoms with van der Waals surface area (Å²) in [6.07, 6.45) is 0.0487. The van der Waals surface area contributed by atoms with Crippen molar-refractivity contribution in [3.63, 3.8) is 0 Å². The van der Waals surface area contributed by atoms with E-state index in [1.807, 2.05) is 31.2 Å². The topological polar surface area (TPSA) is 105 Å². The van der Waals surface area contributed by atoms with Crippen molar-refractivity contribution in [1.29, 1.82) is 0 Å². The molecule has 156 valence electrons. The fourth-order valence-electron chi connectivity index (χ4n) is 3.17. The maximum Gasteiger partial charge on any atom is 0.311 e. The predicted octanol–water partition coefficient (Wildman–Crippen LogP) is 2.49. The minimum atomic E-state index is -0.616. The average molecular weight is 409 g/mol. The molecule has 8 heteroatoms. The van der Waals surface area contributed by atoms with E-state index in [1.165, 1.54) is 6.92 Å². The van der Waals surface area contributed by atoms with Crippen LogP contribution in [0.2, 0.25) is 0 Å². The van der Waals surface area contributed by atoms with Gasteiger partial charge in [-0.1, -0.05) is 23.8 Å². The van der Waals surface area contributed by atoms with Crippen molar-refractivity contribution in [2.75, 3.05) is 28.7 Å². The molecule has 2 aromatic carbocycles. The van der Waals surface area contributed by atoms with Gasteiger partial charge >= 0.3 is 5.97 Å². The van der Waals surface area contributed by atoms with Gasteiger partial charge in [0.15, 0.2) is 6.61 Å². The molecular formula is C22H23N3O5. The maximum atomic E-state index is 12.3. The van der Waals surface area contributed by atoms with Crippen molar-refractivity contribution in [2.24, 2.45) is 5.92 Å². The zero-order valence-electron chi connectivity index (χ0n) is 16.8. The van der Waals surface area contributed by atoms with Gasteiger partial charge in [-0.15, -0.1) is 0 Å². The summed E-state index contributed by atoms with van der Waals surface area (Å²) in [6.45, 7) is 3.11. The third kappa shape index (κ3) is 5.44. The summed E-state index contributed by atoms with van der Waals surface area (Å²) in [4.78, 5) is 49.4. The minimum Gasteiger partial charge on any atom is -0.455 e. The highest BCUT2D eigenvalue weighted by molar-refractivity contribution is 6.00. The number of hydrogen-bond acceptors (Lipinski definition) is 5. The Hall–Kier alpha value is -3.68. The number of nitrogens with one attached hydrogen (secondary N) is 2. The van der Waals surface area contributed by atoms with Crippen LogP contribution in [-0.2, 0) is 23.9 Å². The molecule has 0 unspecified atom stereocenters. The Morgan fingerprint density at radius 3 is 2.40 bits per heavy atom. The highest BCUT2D eigenvalue weighted by Gasteiger charge is 2.36. The smallest absolute Gasteiger partial charge is 0.311 e. The van der Waals surface area contributed by atoms with Crippen molar-refractivity contribution in [2.45, 2.75) is 20.3 Å². The van der Waals surface area contributed by atoms with Gasteiger partial charge < -0.3 is 20.3 Å². The molecule has 1 atom stereocenters. The van der Waals surface area contributed by atoms with Crippen LogP contribution in [0, 0.1) is 12.8 Å². The third-order valence-corrected chi connectivity index (χ3v) is 4.62. The number of carbonyl (C=O) groups excluding carboxylic acids is 4. The molecule has 2 aromatic rings. The van der Waals surface area contributed by atoms with Crippen LogP contribution in [0.25, 0.3) is 0 Å². The van der Waals surface area contributed by atoms with E-state index in [4.69, 9.17) is 4.74 Å². The van der Waals surface area contributed by atoms with Gasteiger partial charge in [-0.2, -0.15) is 0 Å². The van der Waals surface area contributed by atoms with E-state index >= 15 is 0 Å². The number of benzene rings is 2. The molecule has 1 heterocycles. The standard InChI is InChI=1S/C22H23N3O5/c1-14-6-8-19(9-7-14)25-12-16(10-21(25)28)22(29)30-13-20(27)24-18-5-3-4-17(11-18)23-15(2)26/h3-9,11,16H,10,12-13H2,1-2H3,(H,23,26)(H,24,27)/t16-/m1/s1. The molecule has 1 fully saturated rings. The van der Waals surface area contributed by atoms with E-state index in [1.54, 1.807) is 29.2 Å². The normalized spacial score (nSPS) is 15.6. The Labute approximate surface area is 174 Å². The molecule has 1 aliphatic rings. The van der Waals surface area contributed by atoms with Crippen LogP contribution in [0.1, 0.15) is 18.9 Å². The van der Waals surface area contributed by atoms with E-state index in [-0.39, 0.29) is 24.8 Å². The van der Waals surface area contributed by atoms with Gasteiger partial charge in [-0.05, 0) is 37.3 Å². The lowest BCUT2D eigenvalue weighted by Gasteiger charge is -2.16. The number of carbonyl (C=O) groups is 4. The Bertz CT molecular complexity index is 971. The molecule has 0 radical (unpaired) electrons. The number of nitrogens with zero attached hydrogens (tertiary/aromatic N) is 1. The summed E-state index contributed by atoms with van der Waals surface area (Å²) >= 11 is 0. The number of anilines is 3. The maximum absolute atomic E-state index is 12.3. The lowest BCUT2D eigenvalue weighted by Crippen LogP contribution is -2.28. The van der Waals surface area contributed by atoms with Crippen molar-refractivity contribution in [1.82, 2.24) is 0 Å². The second-order valence-corrected chi connectivity index (χ2v) is 7.16. The molecular weight excluding hydrogens is 386 g/mol. The third-order valence-electron chi connectivity index (χ3n) is 4.62. The second kappa shape index (κ2) is 9.21. The summed E-state index contributed by atoms with van der Waals surface area (Å²) < 4.78 is 5.11. The molecule has 2 N–H and O–H groups in total. The van der Waals surface area contributed by atoms with Crippen molar-refractivity contribution in [3.05, 3.63) is 54.1 Å². The van der Waals surface area contributed by atoms with E-state index in [0.29, 0.717) is 11.4 Å². The zero-order valence-corrected chi connectivity index (χ0v) is 16.8. The van der Waals surface area contributed by atoms with Crippen molar-refractivity contribution >= 4 is 40.8 Å². The van der Waals surface area contributed by atoms with E-state index in [0.717, 1.165) is 11.3 Å². The van der Waals surface area contributed by atoms with Gasteiger partial charge in [0.1, 0.15) is 0 Å². The number of esters is 1. The fourth-order valence-corrected chi connectivity index (χ4v) is 3.17. The van der Waals surface area contributed by atoms with E-state index in [9.17, 15) is 19.2 Å². The Kier molecular flexibility index (Phi) is 6.46. The van der Waals surface area contributed by atoms with Crippen LogP contribution in [-0.4, -0.2) is 36.8 Å². The summed E-state index contributed by atoms with van der Waals surface area (Å²) in [5.41, 5.74) is 2.81.